The van der Waals surface area contributed by atoms with Gasteiger partial charge in [0.05, 0.1) is 5.69 Å². The van der Waals surface area contributed by atoms with Crippen LogP contribution in [-0.2, 0) is 10.0 Å². The van der Waals surface area contributed by atoms with Crippen LogP contribution in [0.15, 0.2) is 53.4 Å². The highest BCUT2D eigenvalue weighted by molar-refractivity contribution is 7.93. The summed E-state index contributed by atoms with van der Waals surface area (Å²) in [6, 6.07) is 14.0. The van der Waals surface area contributed by atoms with Crippen molar-refractivity contribution in [2.75, 3.05) is 10.8 Å². The zero-order valence-corrected chi connectivity index (χ0v) is 11.9. The number of sulfonamides is 1. The molecule has 5 heteroatoms. The molecule has 3 rings (SSSR count). The molecule has 104 valence electrons. The second-order valence-corrected chi connectivity index (χ2v) is 6.42. The monoisotopic (exact) mass is 289 g/mol. The van der Waals surface area contributed by atoms with E-state index in [1.807, 2.05) is 19.1 Å². The van der Waals surface area contributed by atoms with Crippen LogP contribution >= 0.6 is 0 Å². The highest BCUT2D eigenvalue weighted by Gasteiger charge is 2.32. The van der Waals surface area contributed by atoms with E-state index in [2.05, 4.69) is 0 Å². The molecule has 0 radical (unpaired) electrons. The SMILES string of the molecule is CCCN1c2ccccc2Oc2ccccc2S1(=O)=O. The Morgan fingerprint density at radius 3 is 2.40 bits per heavy atom. The molecular formula is C15H15NO3S. The van der Waals surface area contributed by atoms with E-state index in [1.54, 1.807) is 36.4 Å². The molecule has 0 aromatic heterocycles. The lowest BCUT2D eigenvalue weighted by Crippen LogP contribution is -2.31. The van der Waals surface area contributed by atoms with Crippen molar-refractivity contribution in [3.8, 4) is 11.5 Å². The van der Waals surface area contributed by atoms with Crippen molar-refractivity contribution in [3.63, 3.8) is 0 Å². The molecule has 0 N–H and O–H groups in total. The van der Waals surface area contributed by atoms with Crippen molar-refractivity contribution < 1.29 is 13.2 Å². The zero-order valence-electron chi connectivity index (χ0n) is 11.1. The second kappa shape index (κ2) is 4.83. The third-order valence-electron chi connectivity index (χ3n) is 3.20. The summed E-state index contributed by atoms with van der Waals surface area (Å²) in [6.45, 7) is 2.38. The molecule has 0 amide bonds. The maximum atomic E-state index is 12.8. The van der Waals surface area contributed by atoms with Crippen LogP contribution in [-0.4, -0.2) is 15.0 Å². The van der Waals surface area contributed by atoms with E-state index in [-0.39, 0.29) is 4.90 Å². The fraction of sp³-hybridized carbons (Fsp3) is 0.200. The summed E-state index contributed by atoms with van der Waals surface area (Å²) >= 11 is 0. The van der Waals surface area contributed by atoms with E-state index in [4.69, 9.17) is 4.74 Å². The maximum Gasteiger partial charge on any atom is 0.268 e. The molecule has 0 saturated heterocycles. The van der Waals surface area contributed by atoms with Crippen LogP contribution in [0.3, 0.4) is 0 Å². The number of hydrogen-bond acceptors (Lipinski definition) is 3. The van der Waals surface area contributed by atoms with Gasteiger partial charge < -0.3 is 4.74 Å². The molecule has 2 aromatic rings. The molecule has 0 bridgehead atoms. The van der Waals surface area contributed by atoms with E-state index in [0.29, 0.717) is 23.7 Å². The smallest absolute Gasteiger partial charge is 0.268 e. The van der Waals surface area contributed by atoms with Crippen molar-refractivity contribution in [3.05, 3.63) is 48.5 Å². The number of anilines is 1. The first-order chi connectivity index (χ1) is 9.64. The van der Waals surface area contributed by atoms with Crippen LogP contribution < -0.4 is 9.04 Å². The van der Waals surface area contributed by atoms with Gasteiger partial charge in [-0.05, 0) is 30.7 Å². The molecule has 0 unspecified atom stereocenters. The first-order valence-electron chi connectivity index (χ1n) is 6.53. The van der Waals surface area contributed by atoms with E-state index in [0.717, 1.165) is 6.42 Å². The molecule has 0 atom stereocenters. The standard InChI is InChI=1S/C15H15NO3S/c1-2-11-16-12-7-3-4-8-13(12)19-14-9-5-6-10-15(14)20(16,17)18/h3-10H,2,11H2,1H3. The normalized spacial score (nSPS) is 15.8. The van der Waals surface area contributed by atoms with Gasteiger partial charge in [-0.3, -0.25) is 4.31 Å². The summed E-state index contributed by atoms with van der Waals surface area (Å²) in [6.07, 6.45) is 0.732. The molecule has 0 aliphatic carbocycles. The molecule has 4 nitrogen and oxygen atoms in total. The van der Waals surface area contributed by atoms with Gasteiger partial charge >= 0.3 is 0 Å². The molecule has 1 aliphatic rings. The van der Waals surface area contributed by atoms with Gasteiger partial charge in [-0.25, -0.2) is 8.42 Å². The molecule has 0 fully saturated rings. The molecule has 20 heavy (non-hydrogen) atoms. The average Bonchev–Trinajstić information content (AvgIpc) is 2.54. The molecule has 1 aliphatic heterocycles. The Morgan fingerprint density at radius 2 is 1.65 bits per heavy atom. The van der Waals surface area contributed by atoms with E-state index in [1.165, 1.54) is 4.31 Å². The maximum absolute atomic E-state index is 12.8. The van der Waals surface area contributed by atoms with Crippen molar-refractivity contribution >= 4 is 15.7 Å². The van der Waals surface area contributed by atoms with Crippen LogP contribution in [0.4, 0.5) is 5.69 Å². The summed E-state index contributed by atoms with van der Waals surface area (Å²) in [5, 5.41) is 0. The lowest BCUT2D eigenvalue weighted by molar-refractivity contribution is 0.472. The van der Waals surface area contributed by atoms with Gasteiger partial charge in [0.1, 0.15) is 10.6 Å². The van der Waals surface area contributed by atoms with Crippen molar-refractivity contribution in [2.24, 2.45) is 0 Å². The molecule has 0 spiro atoms. The van der Waals surface area contributed by atoms with Crippen LogP contribution in [0.5, 0.6) is 11.5 Å². The van der Waals surface area contributed by atoms with Gasteiger partial charge in [0.2, 0.25) is 0 Å². The lowest BCUT2D eigenvalue weighted by atomic mass is 10.2. The predicted molar refractivity (Wildman–Crippen MR) is 77.8 cm³/mol. The summed E-state index contributed by atoms with van der Waals surface area (Å²) in [5.74, 6) is 0.938. The van der Waals surface area contributed by atoms with Crippen LogP contribution in [0.25, 0.3) is 0 Å². The van der Waals surface area contributed by atoms with E-state index < -0.39 is 10.0 Å². The Bertz CT molecular complexity index is 740. The largest absolute Gasteiger partial charge is 0.454 e. The summed E-state index contributed by atoms with van der Waals surface area (Å²) in [7, 11) is -3.59. The van der Waals surface area contributed by atoms with Gasteiger partial charge in [0, 0.05) is 6.54 Å². The number of nitrogens with zero attached hydrogens (tertiary/aromatic N) is 1. The Labute approximate surface area is 118 Å². The number of hydrogen-bond donors (Lipinski definition) is 0. The minimum atomic E-state index is -3.59. The fourth-order valence-corrected chi connectivity index (χ4v) is 3.99. The Hall–Kier alpha value is -2.01. The van der Waals surface area contributed by atoms with E-state index in [9.17, 15) is 8.42 Å². The minimum absolute atomic E-state index is 0.213. The molecular weight excluding hydrogens is 274 g/mol. The fourth-order valence-electron chi connectivity index (χ4n) is 2.31. The quantitative estimate of drug-likeness (QED) is 0.851. The summed E-state index contributed by atoms with van der Waals surface area (Å²) < 4.78 is 32.9. The summed E-state index contributed by atoms with van der Waals surface area (Å²) in [4.78, 5) is 0.213. The third-order valence-corrected chi connectivity index (χ3v) is 5.05. The third kappa shape index (κ3) is 1.94. The number of ether oxygens (including phenoxy) is 1. The Balaban J connectivity index is 2.29. The van der Waals surface area contributed by atoms with Crippen molar-refractivity contribution in [1.29, 1.82) is 0 Å². The highest BCUT2D eigenvalue weighted by atomic mass is 32.2. The van der Waals surface area contributed by atoms with E-state index >= 15 is 0 Å². The van der Waals surface area contributed by atoms with Crippen molar-refractivity contribution in [1.82, 2.24) is 0 Å². The van der Waals surface area contributed by atoms with Gasteiger partial charge in [-0.15, -0.1) is 0 Å². The topological polar surface area (TPSA) is 46.6 Å². The first kappa shape index (κ1) is 13.0. The number of rotatable bonds is 2. The van der Waals surface area contributed by atoms with Crippen LogP contribution in [0.1, 0.15) is 13.3 Å². The Kier molecular flexibility index (Phi) is 3.14. The molecule has 0 saturated carbocycles. The van der Waals surface area contributed by atoms with Crippen molar-refractivity contribution in [2.45, 2.75) is 18.2 Å². The van der Waals surface area contributed by atoms with Crippen LogP contribution in [0, 0.1) is 0 Å². The Morgan fingerprint density at radius 1 is 1.00 bits per heavy atom. The predicted octanol–water partition coefficient (Wildman–Crippen LogP) is 3.40. The highest BCUT2D eigenvalue weighted by Crippen LogP contribution is 2.42. The number of fused-ring (bicyclic) bond motifs is 2. The average molecular weight is 289 g/mol. The lowest BCUT2D eigenvalue weighted by Gasteiger charge is -2.22. The number of benzene rings is 2. The second-order valence-electron chi connectivity index (χ2n) is 4.59. The number of para-hydroxylation sites is 3. The van der Waals surface area contributed by atoms with Gasteiger partial charge in [0.25, 0.3) is 10.0 Å². The van der Waals surface area contributed by atoms with Gasteiger partial charge in [-0.2, -0.15) is 0 Å². The first-order valence-corrected chi connectivity index (χ1v) is 7.97. The van der Waals surface area contributed by atoms with Gasteiger partial charge in [0.15, 0.2) is 5.75 Å². The molecule has 1 heterocycles. The minimum Gasteiger partial charge on any atom is -0.454 e. The summed E-state index contributed by atoms with van der Waals surface area (Å²) in [5.41, 5.74) is 0.588. The van der Waals surface area contributed by atoms with Gasteiger partial charge in [-0.1, -0.05) is 31.2 Å². The zero-order chi connectivity index (χ0) is 14.2. The van der Waals surface area contributed by atoms with Crippen LogP contribution in [0.2, 0.25) is 0 Å². The molecule has 2 aromatic carbocycles.